The van der Waals surface area contributed by atoms with Crippen molar-refractivity contribution in [3.63, 3.8) is 0 Å². The summed E-state index contributed by atoms with van der Waals surface area (Å²) >= 11 is 0. The van der Waals surface area contributed by atoms with E-state index in [1.807, 2.05) is 19.0 Å². The number of likely N-dealkylation sites (N-methyl/N-ethyl adjacent to an activating group) is 1. The van der Waals surface area contributed by atoms with Crippen LogP contribution in [0.2, 0.25) is 0 Å². The van der Waals surface area contributed by atoms with E-state index in [4.69, 9.17) is 9.47 Å². The van der Waals surface area contributed by atoms with E-state index in [-0.39, 0.29) is 4.90 Å². The van der Waals surface area contributed by atoms with Gasteiger partial charge in [0.15, 0.2) is 11.5 Å². The summed E-state index contributed by atoms with van der Waals surface area (Å²) in [6.45, 7) is 2.71. The Hall–Kier alpha value is -1.31. The second-order valence-corrected chi connectivity index (χ2v) is 6.41. The Morgan fingerprint density at radius 3 is 2.20 bits per heavy atom. The number of methoxy groups -OCH3 is 2. The van der Waals surface area contributed by atoms with Crippen LogP contribution < -0.4 is 14.2 Å². The maximum absolute atomic E-state index is 12.3. The number of aryl methyl sites for hydroxylation is 1. The number of ether oxygens (including phenoxy) is 2. The van der Waals surface area contributed by atoms with Gasteiger partial charge in [0.05, 0.1) is 19.1 Å². The fourth-order valence-electron chi connectivity index (χ4n) is 1.73. The van der Waals surface area contributed by atoms with Crippen molar-refractivity contribution in [1.82, 2.24) is 9.62 Å². The van der Waals surface area contributed by atoms with Crippen molar-refractivity contribution in [3.8, 4) is 11.5 Å². The largest absolute Gasteiger partial charge is 0.493 e. The minimum absolute atomic E-state index is 0.203. The predicted octanol–water partition coefficient (Wildman–Crippen LogP) is 0.852. The molecule has 0 spiro atoms. The van der Waals surface area contributed by atoms with Crippen molar-refractivity contribution in [3.05, 3.63) is 17.7 Å². The van der Waals surface area contributed by atoms with Crippen molar-refractivity contribution >= 4 is 10.0 Å². The van der Waals surface area contributed by atoms with Gasteiger partial charge < -0.3 is 14.4 Å². The van der Waals surface area contributed by atoms with Crippen LogP contribution in [-0.4, -0.2) is 54.7 Å². The molecule has 0 aliphatic rings. The zero-order valence-electron chi connectivity index (χ0n) is 12.6. The van der Waals surface area contributed by atoms with Gasteiger partial charge in [0.1, 0.15) is 0 Å². The highest BCUT2D eigenvalue weighted by molar-refractivity contribution is 7.89. The Bertz CT molecular complexity index is 556. The van der Waals surface area contributed by atoms with Gasteiger partial charge in [-0.05, 0) is 32.6 Å². The molecule has 0 aliphatic heterocycles. The van der Waals surface area contributed by atoms with E-state index in [0.717, 1.165) is 0 Å². The van der Waals surface area contributed by atoms with E-state index >= 15 is 0 Å². The lowest BCUT2D eigenvalue weighted by molar-refractivity contribution is 0.353. The van der Waals surface area contributed by atoms with Crippen molar-refractivity contribution < 1.29 is 17.9 Å². The van der Waals surface area contributed by atoms with Crippen LogP contribution in [0.1, 0.15) is 5.56 Å². The molecule has 1 N–H and O–H groups in total. The summed E-state index contributed by atoms with van der Waals surface area (Å²) in [6.07, 6.45) is 0. The number of hydrogen-bond acceptors (Lipinski definition) is 5. The topological polar surface area (TPSA) is 67.9 Å². The third-order valence-electron chi connectivity index (χ3n) is 2.82. The molecule has 0 aliphatic carbocycles. The van der Waals surface area contributed by atoms with Crippen LogP contribution in [-0.2, 0) is 10.0 Å². The SMILES string of the molecule is COc1cc(C)c(S(=O)(=O)NCCN(C)C)cc1OC. The Morgan fingerprint density at radius 2 is 1.70 bits per heavy atom. The van der Waals surface area contributed by atoms with Gasteiger partial charge in [-0.1, -0.05) is 0 Å². The minimum Gasteiger partial charge on any atom is -0.493 e. The molecule has 0 atom stereocenters. The molecule has 0 amide bonds. The Morgan fingerprint density at radius 1 is 1.15 bits per heavy atom. The van der Waals surface area contributed by atoms with Crippen LogP contribution in [0.15, 0.2) is 17.0 Å². The summed E-state index contributed by atoms with van der Waals surface area (Å²) < 4.78 is 37.4. The monoisotopic (exact) mass is 302 g/mol. The number of benzene rings is 1. The molecule has 0 fully saturated rings. The molecule has 20 heavy (non-hydrogen) atoms. The fourth-order valence-corrected chi connectivity index (χ4v) is 2.99. The second-order valence-electron chi connectivity index (χ2n) is 4.67. The maximum Gasteiger partial charge on any atom is 0.241 e. The lowest BCUT2D eigenvalue weighted by Crippen LogP contribution is -2.31. The average Bonchev–Trinajstić information content (AvgIpc) is 2.37. The van der Waals surface area contributed by atoms with Crippen LogP contribution in [0.3, 0.4) is 0 Å². The zero-order chi connectivity index (χ0) is 15.3. The Kier molecular flexibility index (Phi) is 5.79. The number of nitrogens with zero attached hydrogens (tertiary/aromatic N) is 1. The van der Waals surface area contributed by atoms with Gasteiger partial charge in [-0.2, -0.15) is 0 Å². The number of rotatable bonds is 7. The Labute approximate surface area is 120 Å². The van der Waals surface area contributed by atoms with Crippen LogP contribution in [0.4, 0.5) is 0 Å². The molecule has 114 valence electrons. The summed E-state index contributed by atoms with van der Waals surface area (Å²) in [5, 5.41) is 0. The van der Waals surface area contributed by atoms with Gasteiger partial charge in [0.25, 0.3) is 0 Å². The van der Waals surface area contributed by atoms with E-state index < -0.39 is 10.0 Å². The number of nitrogens with one attached hydrogen (secondary N) is 1. The lowest BCUT2D eigenvalue weighted by Gasteiger charge is -2.15. The summed E-state index contributed by atoms with van der Waals surface area (Å²) in [6, 6.07) is 3.13. The predicted molar refractivity (Wildman–Crippen MR) is 78.0 cm³/mol. The van der Waals surface area contributed by atoms with E-state index in [1.54, 1.807) is 13.0 Å². The molecular formula is C13H22N2O4S. The lowest BCUT2D eigenvalue weighted by atomic mass is 10.2. The van der Waals surface area contributed by atoms with Crippen LogP contribution in [0, 0.1) is 6.92 Å². The first-order valence-corrected chi connectivity index (χ1v) is 7.67. The van der Waals surface area contributed by atoms with Gasteiger partial charge in [-0.3, -0.25) is 0 Å². The van der Waals surface area contributed by atoms with Crippen molar-refractivity contribution in [2.24, 2.45) is 0 Å². The standard InChI is InChI=1S/C13H22N2O4S/c1-10-8-11(18-4)12(19-5)9-13(10)20(16,17)14-6-7-15(2)3/h8-9,14H,6-7H2,1-5H3. The molecule has 0 heterocycles. The molecule has 1 aromatic rings. The van der Waals surface area contributed by atoms with Gasteiger partial charge in [0.2, 0.25) is 10.0 Å². The van der Waals surface area contributed by atoms with Crippen LogP contribution in [0.25, 0.3) is 0 Å². The minimum atomic E-state index is -3.56. The second kappa shape index (κ2) is 6.92. The molecule has 0 radical (unpaired) electrons. The van der Waals surface area contributed by atoms with E-state index in [2.05, 4.69) is 4.72 Å². The van der Waals surface area contributed by atoms with Crippen molar-refractivity contribution in [1.29, 1.82) is 0 Å². The molecule has 7 heteroatoms. The first-order valence-electron chi connectivity index (χ1n) is 6.19. The highest BCUT2D eigenvalue weighted by Crippen LogP contribution is 2.32. The molecule has 1 rings (SSSR count). The quantitative estimate of drug-likeness (QED) is 0.809. The first-order chi connectivity index (χ1) is 9.31. The molecule has 1 aromatic carbocycles. The van der Waals surface area contributed by atoms with Crippen molar-refractivity contribution in [2.45, 2.75) is 11.8 Å². The third-order valence-corrected chi connectivity index (χ3v) is 4.42. The molecule has 0 saturated carbocycles. The van der Waals surface area contributed by atoms with Crippen LogP contribution >= 0.6 is 0 Å². The van der Waals surface area contributed by atoms with Crippen molar-refractivity contribution in [2.75, 3.05) is 41.4 Å². The molecule has 6 nitrogen and oxygen atoms in total. The molecule has 0 bridgehead atoms. The summed E-state index contributed by atoms with van der Waals surface area (Å²) in [7, 11) is 3.20. The highest BCUT2D eigenvalue weighted by Gasteiger charge is 2.19. The van der Waals surface area contributed by atoms with Gasteiger partial charge in [-0.25, -0.2) is 13.1 Å². The Balaban J connectivity index is 3.05. The van der Waals surface area contributed by atoms with Gasteiger partial charge in [0, 0.05) is 19.2 Å². The smallest absolute Gasteiger partial charge is 0.241 e. The molecule has 0 saturated heterocycles. The summed E-state index contributed by atoms with van der Waals surface area (Å²) in [5.41, 5.74) is 0.611. The molecule has 0 unspecified atom stereocenters. The summed E-state index contributed by atoms with van der Waals surface area (Å²) in [5.74, 6) is 0.906. The zero-order valence-corrected chi connectivity index (χ0v) is 13.4. The third kappa shape index (κ3) is 4.09. The average molecular weight is 302 g/mol. The van der Waals surface area contributed by atoms with Gasteiger partial charge in [-0.15, -0.1) is 0 Å². The fraction of sp³-hybridized carbons (Fsp3) is 0.538. The summed E-state index contributed by atoms with van der Waals surface area (Å²) in [4.78, 5) is 2.11. The van der Waals surface area contributed by atoms with Gasteiger partial charge >= 0.3 is 0 Å². The highest BCUT2D eigenvalue weighted by atomic mass is 32.2. The molecular weight excluding hydrogens is 280 g/mol. The van der Waals surface area contributed by atoms with E-state index in [9.17, 15) is 8.42 Å². The number of sulfonamides is 1. The van der Waals surface area contributed by atoms with E-state index in [0.29, 0.717) is 30.2 Å². The van der Waals surface area contributed by atoms with Crippen LogP contribution in [0.5, 0.6) is 11.5 Å². The number of hydrogen-bond donors (Lipinski definition) is 1. The van der Waals surface area contributed by atoms with E-state index in [1.165, 1.54) is 20.3 Å². The maximum atomic E-state index is 12.3. The molecule has 0 aromatic heterocycles. The first kappa shape index (κ1) is 16.7. The normalized spacial score (nSPS) is 11.7.